The molecule has 17 heavy (non-hydrogen) atoms. The quantitative estimate of drug-likeness (QED) is 0.492. The van der Waals surface area contributed by atoms with Crippen molar-refractivity contribution in [1.82, 2.24) is 5.32 Å². The average molecular weight is 245 g/mol. The van der Waals surface area contributed by atoms with Crippen LogP contribution in [0.1, 0.15) is 12.8 Å². The number of amides is 2. The SMILES string of the molecule is O=C1CC(C2OCOC(CO)C2O)CC(=O)N1. The topological polar surface area (TPSA) is 105 Å². The minimum absolute atomic E-state index is 0.0563. The average Bonchev–Trinajstić information content (AvgIpc) is 2.28. The molecule has 0 aromatic heterocycles. The van der Waals surface area contributed by atoms with Crippen LogP contribution in [-0.4, -0.2) is 53.7 Å². The van der Waals surface area contributed by atoms with Crippen molar-refractivity contribution in [1.29, 1.82) is 0 Å². The van der Waals surface area contributed by atoms with Crippen LogP contribution in [-0.2, 0) is 19.1 Å². The molecule has 0 bridgehead atoms. The Labute approximate surface area is 97.7 Å². The van der Waals surface area contributed by atoms with Crippen molar-refractivity contribution < 1.29 is 29.3 Å². The fraction of sp³-hybridized carbons (Fsp3) is 0.800. The van der Waals surface area contributed by atoms with Crippen molar-refractivity contribution in [2.45, 2.75) is 31.2 Å². The number of nitrogens with one attached hydrogen (secondary N) is 1. The second kappa shape index (κ2) is 5.09. The zero-order valence-corrected chi connectivity index (χ0v) is 9.17. The highest BCUT2D eigenvalue weighted by atomic mass is 16.7. The van der Waals surface area contributed by atoms with Gasteiger partial charge in [0.2, 0.25) is 11.8 Å². The van der Waals surface area contributed by atoms with Crippen LogP contribution < -0.4 is 5.32 Å². The van der Waals surface area contributed by atoms with Crippen LogP contribution in [0.25, 0.3) is 0 Å². The number of aliphatic hydroxyl groups excluding tert-OH is 2. The third kappa shape index (κ3) is 2.63. The van der Waals surface area contributed by atoms with Gasteiger partial charge in [0.25, 0.3) is 0 Å². The van der Waals surface area contributed by atoms with E-state index in [1.165, 1.54) is 0 Å². The Morgan fingerprint density at radius 1 is 1.24 bits per heavy atom. The van der Waals surface area contributed by atoms with Crippen LogP contribution in [0.5, 0.6) is 0 Å². The van der Waals surface area contributed by atoms with Crippen molar-refractivity contribution in [2.24, 2.45) is 5.92 Å². The molecule has 3 atom stereocenters. The maximum atomic E-state index is 11.2. The van der Waals surface area contributed by atoms with E-state index < -0.39 is 18.3 Å². The van der Waals surface area contributed by atoms with Crippen LogP contribution in [0.2, 0.25) is 0 Å². The lowest BCUT2D eigenvalue weighted by Gasteiger charge is -2.38. The van der Waals surface area contributed by atoms with Gasteiger partial charge in [-0.3, -0.25) is 14.9 Å². The molecule has 2 fully saturated rings. The van der Waals surface area contributed by atoms with Crippen LogP contribution in [0.3, 0.4) is 0 Å². The molecule has 0 saturated carbocycles. The van der Waals surface area contributed by atoms with Crippen molar-refractivity contribution in [3.05, 3.63) is 0 Å². The summed E-state index contributed by atoms with van der Waals surface area (Å²) < 4.78 is 10.2. The van der Waals surface area contributed by atoms with Crippen molar-refractivity contribution in [2.75, 3.05) is 13.4 Å². The van der Waals surface area contributed by atoms with Crippen molar-refractivity contribution in [3.8, 4) is 0 Å². The van der Waals surface area contributed by atoms with Crippen LogP contribution >= 0.6 is 0 Å². The molecule has 7 nitrogen and oxygen atoms in total. The van der Waals surface area contributed by atoms with E-state index in [0.717, 1.165) is 0 Å². The molecule has 96 valence electrons. The minimum Gasteiger partial charge on any atom is -0.394 e. The highest BCUT2D eigenvalue weighted by Gasteiger charge is 2.41. The summed E-state index contributed by atoms with van der Waals surface area (Å²) in [4.78, 5) is 22.5. The molecule has 0 spiro atoms. The fourth-order valence-electron chi connectivity index (χ4n) is 2.23. The Balaban J connectivity index is 2.05. The smallest absolute Gasteiger partial charge is 0.226 e. The molecule has 2 aliphatic heterocycles. The van der Waals surface area contributed by atoms with E-state index in [-0.39, 0.29) is 44.0 Å². The molecule has 0 radical (unpaired) electrons. The summed E-state index contributed by atoms with van der Waals surface area (Å²) in [6.07, 6.45) is -2.15. The lowest BCUT2D eigenvalue weighted by molar-refractivity contribution is -0.250. The molecule has 3 unspecified atom stereocenters. The maximum absolute atomic E-state index is 11.2. The van der Waals surface area contributed by atoms with E-state index in [0.29, 0.717) is 0 Å². The van der Waals surface area contributed by atoms with Crippen molar-refractivity contribution in [3.63, 3.8) is 0 Å². The molecule has 0 aromatic rings. The number of aliphatic hydroxyl groups is 2. The predicted molar refractivity (Wildman–Crippen MR) is 53.6 cm³/mol. The third-order valence-corrected chi connectivity index (χ3v) is 3.08. The number of carbonyl (C=O) groups is 2. The first-order valence-corrected chi connectivity index (χ1v) is 5.46. The second-order valence-electron chi connectivity index (χ2n) is 4.27. The fourth-order valence-corrected chi connectivity index (χ4v) is 2.23. The van der Waals surface area contributed by atoms with Gasteiger partial charge in [0.05, 0.1) is 12.7 Å². The van der Waals surface area contributed by atoms with Gasteiger partial charge in [-0.1, -0.05) is 0 Å². The monoisotopic (exact) mass is 245 g/mol. The summed E-state index contributed by atoms with van der Waals surface area (Å²) in [5, 5.41) is 21.1. The van der Waals surface area contributed by atoms with Crippen LogP contribution in [0.4, 0.5) is 0 Å². The highest BCUT2D eigenvalue weighted by Crippen LogP contribution is 2.27. The van der Waals surface area contributed by atoms with Gasteiger partial charge in [0, 0.05) is 18.8 Å². The van der Waals surface area contributed by atoms with E-state index in [2.05, 4.69) is 5.32 Å². The van der Waals surface area contributed by atoms with Crippen molar-refractivity contribution >= 4 is 11.8 Å². The maximum Gasteiger partial charge on any atom is 0.226 e. The first-order chi connectivity index (χ1) is 8.11. The van der Waals surface area contributed by atoms with E-state index in [9.17, 15) is 14.7 Å². The lowest BCUT2D eigenvalue weighted by Crippen LogP contribution is -2.54. The summed E-state index contributed by atoms with van der Waals surface area (Å²) in [5.41, 5.74) is 0. The Bertz CT molecular complexity index is 304. The largest absolute Gasteiger partial charge is 0.394 e. The van der Waals surface area contributed by atoms with E-state index in [1.807, 2.05) is 0 Å². The molecule has 2 aliphatic rings. The Kier molecular flexibility index (Phi) is 3.72. The molecular weight excluding hydrogens is 230 g/mol. The number of piperidine rings is 1. The number of ether oxygens (including phenoxy) is 2. The zero-order valence-electron chi connectivity index (χ0n) is 9.17. The molecule has 7 heteroatoms. The Morgan fingerprint density at radius 2 is 1.88 bits per heavy atom. The number of hydrogen-bond acceptors (Lipinski definition) is 6. The van der Waals surface area contributed by atoms with Gasteiger partial charge in [0.15, 0.2) is 0 Å². The van der Waals surface area contributed by atoms with E-state index >= 15 is 0 Å². The predicted octanol–water partition coefficient (Wildman–Crippen LogP) is -1.87. The van der Waals surface area contributed by atoms with Gasteiger partial charge in [-0.05, 0) is 0 Å². The first-order valence-electron chi connectivity index (χ1n) is 5.46. The summed E-state index contributed by atoms with van der Waals surface area (Å²) >= 11 is 0. The number of carbonyl (C=O) groups excluding carboxylic acids is 2. The lowest BCUT2D eigenvalue weighted by atomic mass is 9.86. The Morgan fingerprint density at radius 3 is 2.47 bits per heavy atom. The molecular formula is C10H15NO6. The van der Waals surface area contributed by atoms with Gasteiger partial charge in [-0.15, -0.1) is 0 Å². The van der Waals surface area contributed by atoms with Gasteiger partial charge >= 0.3 is 0 Å². The number of rotatable bonds is 2. The molecule has 2 amide bonds. The summed E-state index contributed by atoms with van der Waals surface area (Å²) in [6, 6.07) is 0. The first kappa shape index (κ1) is 12.4. The summed E-state index contributed by atoms with van der Waals surface area (Å²) in [7, 11) is 0. The number of hydrogen-bond donors (Lipinski definition) is 3. The second-order valence-corrected chi connectivity index (χ2v) is 4.27. The summed E-state index contributed by atoms with van der Waals surface area (Å²) in [5.74, 6) is -1.10. The molecule has 0 aliphatic carbocycles. The molecule has 3 N–H and O–H groups in total. The van der Waals surface area contributed by atoms with E-state index in [1.54, 1.807) is 0 Å². The Hall–Kier alpha value is -1.02. The summed E-state index contributed by atoms with van der Waals surface area (Å²) in [6.45, 7) is -0.382. The van der Waals surface area contributed by atoms with Crippen LogP contribution in [0, 0.1) is 5.92 Å². The van der Waals surface area contributed by atoms with Crippen LogP contribution in [0.15, 0.2) is 0 Å². The molecule has 2 saturated heterocycles. The normalized spacial score (nSPS) is 35.8. The van der Waals surface area contributed by atoms with Gasteiger partial charge < -0.3 is 19.7 Å². The standard InChI is InChI=1S/C10H15NO6/c12-3-6-9(15)10(17-4-16-6)5-1-7(13)11-8(14)2-5/h5-6,9-10,12,15H,1-4H2,(H,11,13,14). The van der Waals surface area contributed by atoms with E-state index in [4.69, 9.17) is 14.6 Å². The number of imide groups is 1. The minimum atomic E-state index is -1.03. The van der Waals surface area contributed by atoms with Gasteiger partial charge in [-0.25, -0.2) is 0 Å². The highest BCUT2D eigenvalue weighted by molar-refractivity contribution is 5.97. The molecule has 2 heterocycles. The zero-order chi connectivity index (χ0) is 12.4. The van der Waals surface area contributed by atoms with Gasteiger partial charge in [0.1, 0.15) is 19.0 Å². The van der Waals surface area contributed by atoms with Gasteiger partial charge in [-0.2, -0.15) is 0 Å². The molecule has 2 rings (SSSR count). The third-order valence-electron chi connectivity index (χ3n) is 3.08. The molecule has 0 aromatic carbocycles.